The van der Waals surface area contributed by atoms with Crippen molar-refractivity contribution in [3.05, 3.63) is 36.9 Å². The maximum atomic E-state index is 14.2. The normalized spacial score (nSPS) is 32.1. The summed E-state index contributed by atoms with van der Waals surface area (Å²) in [6.07, 6.45) is 1.15. The Kier molecular flexibility index (Phi) is 5.93. The van der Waals surface area contributed by atoms with E-state index in [-0.39, 0.29) is 24.6 Å². The van der Waals surface area contributed by atoms with E-state index in [2.05, 4.69) is 32.8 Å². The molecule has 186 valence electrons. The van der Waals surface area contributed by atoms with Crippen molar-refractivity contribution in [3.8, 4) is 0 Å². The Hall–Kier alpha value is -2.83. The third-order valence-electron chi connectivity index (χ3n) is 7.37. The molecule has 0 saturated carbocycles. The number of likely N-dealkylation sites (tertiary alicyclic amines) is 1. The number of alkyl halides is 1. The first-order valence-electron chi connectivity index (χ1n) is 11.4. The molecule has 12 heteroatoms. The Morgan fingerprint density at radius 3 is 2.86 bits per heavy atom. The average molecular weight is 548 g/mol. The molecule has 3 aliphatic rings. The average Bonchev–Trinajstić information content (AvgIpc) is 3.55. The van der Waals surface area contributed by atoms with Gasteiger partial charge >= 0.3 is 5.97 Å². The molecule has 4 heterocycles. The number of aliphatic hydroxyl groups excluding tert-OH is 1. The van der Waals surface area contributed by atoms with E-state index in [1.54, 1.807) is 17.7 Å². The molecule has 7 atom stereocenters. The van der Waals surface area contributed by atoms with Gasteiger partial charge in [0.2, 0.25) is 11.8 Å². The number of hydrogen-bond donors (Lipinski definition) is 2. The van der Waals surface area contributed by atoms with Crippen LogP contribution in [-0.4, -0.2) is 94.6 Å². The molecular weight excluding hydrogens is 522 g/mol. The molecule has 1 aromatic heterocycles. The molecule has 2 bridgehead atoms. The number of carboxylic acids is 1. The summed E-state index contributed by atoms with van der Waals surface area (Å²) in [5, 5.41) is 28.2. The quantitative estimate of drug-likeness (QED) is 0.362. The highest BCUT2D eigenvalue weighted by Gasteiger charge is 2.77. The lowest BCUT2D eigenvalue weighted by Gasteiger charge is -2.38. The summed E-state index contributed by atoms with van der Waals surface area (Å²) in [6, 6.07) is 5.53. The first-order valence-corrected chi connectivity index (χ1v) is 12.3. The van der Waals surface area contributed by atoms with E-state index < -0.39 is 53.4 Å². The first-order chi connectivity index (χ1) is 16.7. The monoisotopic (exact) mass is 547 g/mol. The van der Waals surface area contributed by atoms with Crippen LogP contribution in [0.1, 0.15) is 13.3 Å². The molecule has 2 aromatic rings. The van der Waals surface area contributed by atoms with Gasteiger partial charge in [0.15, 0.2) is 0 Å². The number of nitrogens with zero attached hydrogens (tertiary/aromatic N) is 5. The van der Waals surface area contributed by atoms with Crippen molar-refractivity contribution in [3.63, 3.8) is 0 Å². The van der Waals surface area contributed by atoms with Crippen LogP contribution in [0.15, 0.2) is 36.9 Å². The molecule has 3 unspecified atom stereocenters. The van der Waals surface area contributed by atoms with Gasteiger partial charge in [-0.3, -0.25) is 14.4 Å². The largest absolute Gasteiger partial charge is 0.481 e. The van der Waals surface area contributed by atoms with Gasteiger partial charge in [-0.2, -0.15) is 0 Å². The number of benzene rings is 1. The molecule has 11 nitrogen and oxygen atoms in total. The number of fused-ring (bicyclic) bond motifs is 2. The number of halogens is 1. The second-order valence-corrected chi connectivity index (χ2v) is 10.5. The van der Waals surface area contributed by atoms with Crippen LogP contribution in [0, 0.1) is 11.8 Å². The Bertz CT molecular complexity index is 1200. The number of para-hydroxylation sites is 1. The topological polar surface area (TPSA) is 138 Å². The maximum Gasteiger partial charge on any atom is 0.310 e. The van der Waals surface area contributed by atoms with E-state index in [9.17, 15) is 24.6 Å². The Labute approximate surface area is 209 Å². The van der Waals surface area contributed by atoms with Crippen molar-refractivity contribution in [1.82, 2.24) is 24.8 Å². The molecule has 2 N–H and O–H groups in total. The van der Waals surface area contributed by atoms with Crippen molar-refractivity contribution >= 4 is 44.7 Å². The number of hydrogen-bond acceptors (Lipinski definition) is 7. The number of carboxylic acid groups (broad SMARTS) is 1. The number of amides is 2. The SMILES string of the molecule is C=CCN(Cn1nnc2ccccc21)C(=O)C1N([C@H](C)CO)C(=O)[C@@H]2[C@@H](C(=O)O)[C@@H]3OC12CC3Br. The van der Waals surface area contributed by atoms with Crippen molar-refractivity contribution in [2.75, 3.05) is 13.2 Å². The minimum Gasteiger partial charge on any atom is -0.481 e. The number of aliphatic hydroxyl groups is 1. The van der Waals surface area contributed by atoms with Gasteiger partial charge in [-0.25, -0.2) is 4.68 Å². The minimum atomic E-state index is -1.32. The van der Waals surface area contributed by atoms with Crippen molar-refractivity contribution in [2.24, 2.45) is 11.8 Å². The lowest BCUT2D eigenvalue weighted by molar-refractivity contribution is -0.153. The zero-order valence-corrected chi connectivity index (χ0v) is 20.6. The third kappa shape index (κ3) is 3.41. The summed E-state index contributed by atoms with van der Waals surface area (Å²) in [4.78, 5) is 42.5. The molecule has 1 spiro atoms. The van der Waals surface area contributed by atoms with Crippen LogP contribution in [0.2, 0.25) is 0 Å². The fourth-order valence-corrected chi connectivity index (χ4v) is 6.86. The molecule has 0 aliphatic carbocycles. The molecule has 3 saturated heterocycles. The lowest BCUT2D eigenvalue weighted by atomic mass is 9.70. The first kappa shape index (κ1) is 23.9. The number of aliphatic carboxylic acids is 1. The summed E-state index contributed by atoms with van der Waals surface area (Å²) in [5.41, 5.74) is 0.0921. The molecule has 35 heavy (non-hydrogen) atoms. The summed E-state index contributed by atoms with van der Waals surface area (Å²) >= 11 is 3.52. The van der Waals surface area contributed by atoms with E-state index in [0.29, 0.717) is 11.9 Å². The molecule has 2 amide bonds. The Morgan fingerprint density at radius 2 is 2.17 bits per heavy atom. The van der Waals surface area contributed by atoms with Crippen molar-refractivity contribution in [1.29, 1.82) is 0 Å². The molecule has 0 radical (unpaired) electrons. The Balaban J connectivity index is 1.56. The van der Waals surface area contributed by atoms with E-state index >= 15 is 0 Å². The van der Waals surface area contributed by atoms with Gasteiger partial charge in [0.05, 0.1) is 36.1 Å². The highest BCUT2D eigenvalue weighted by molar-refractivity contribution is 9.09. The second-order valence-electron chi connectivity index (χ2n) is 9.35. The lowest BCUT2D eigenvalue weighted by Crippen LogP contribution is -2.58. The predicted octanol–water partition coefficient (Wildman–Crippen LogP) is 0.617. The maximum absolute atomic E-state index is 14.2. The summed E-state index contributed by atoms with van der Waals surface area (Å²) < 4.78 is 7.84. The summed E-state index contributed by atoms with van der Waals surface area (Å²) in [6.45, 7) is 5.22. The number of aromatic nitrogens is 3. The highest BCUT2D eigenvalue weighted by Crippen LogP contribution is 2.60. The van der Waals surface area contributed by atoms with E-state index in [1.165, 1.54) is 9.80 Å². The minimum absolute atomic E-state index is 0.0433. The molecule has 1 aromatic carbocycles. The fraction of sp³-hybridized carbons (Fsp3) is 0.522. The van der Waals surface area contributed by atoms with Crippen molar-refractivity contribution in [2.45, 2.75) is 48.6 Å². The fourth-order valence-electron chi connectivity index (χ4n) is 5.92. The van der Waals surface area contributed by atoms with Crippen LogP contribution in [-0.2, 0) is 25.8 Å². The van der Waals surface area contributed by atoms with Gasteiger partial charge in [-0.1, -0.05) is 39.4 Å². The van der Waals surface area contributed by atoms with Crippen LogP contribution in [0.4, 0.5) is 0 Å². The zero-order chi connectivity index (χ0) is 25.1. The number of ether oxygens (including phenoxy) is 1. The van der Waals surface area contributed by atoms with Gasteiger partial charge in [-0.15, -0.1) is 11.7 Å². The predicted molar refractivity (Wildman–Crippen MR) is 126 cm³/mol. The van der Waals surface area contributed by atoms with Crippen LogP contribution >= 0.6 is 15.9 Å². The van der Waals surface area contributed by atoms with Gasteiger partial charge in [0.25, 0.3) is 0 Å². The highest BCUT2D eigenvalue weighted by atomic mass is 79.9. The Morgan fingerprint density at radius 1 is 1.43 bits per heavy atom. The van der Waals surface area contributed by atoms with Crippen LogP contribution in [0.3, 0.4) is 0 Å². The van der Waals surface area contributed by atoms with E-state index in [4.69, 9.17) is 4.74 Å². The van der Waals surface area contributed by atoms with Crippen LogP contribution in [0.25, 0.3) is 11.0 Å². The third-order valence-corrected chi connectivity index (χ3v) is 8.22. The smallest absolute Gasteiger partial charge is 0.310 e. The van der Waals surface area contributed by atoms with E-state index in [0.717, 1.165) is 5.52 Å². The van der Waals surface area contributed by atoms with Crippen LogP contribution < -0.4 is 0 Å². The molecule has 3 fully saturated rings. The number of rotatable bonds is 8. The van der Waals surface area contributed by atoms with E-state index in [1.807, 2.05) is 24.3 Å². The zero-order valence-electron chi connectivity index (χ0n) is 19.0. The second kappa shape index (κ2) is 8.68. The van der Waals surface area contributed by atoms with Gasteiger partial charge in [0, 0.05) is 11.4 Å². The standard InChI is InChI=1S/C23H26BrN5O6/c1-3-8-27(11-28-15-7-5-4-6-14(15)25-26-28)21(32)19-23-9-13(24)18(35-23)16(22(33)34)17(23)20(31)29(19)12(2)10-30/h3-7,12-13,16-19,30H,1,8-11H2,2H3,(H,33,34)/t12-,13?,16-,17+,18-,19?,23?/m1/s1. The summed E-state index contributed by atoms with van der Waals surface area (Å²) in [5.74, 6) is -4.14. The molecular formula is C23H26BrN5O6. The van der Waals surface area contributed by atoms with Crippen LogP contribution in [0.5, 0.6) is 0 Å². The van der Waals surface area contributed by atoms with Gasteiger partial charge < -0.3 is 24.7 Å². The van der Waals surface area contributed by atoms with Crippen molar-refractivity contribution < 1.29 is 29.3 Å². The number of carbonyl (C=O) groups is 3. The van der Waals surface area contributed by atoms with Gasteiger partial charge in [-0.05, 0) is 25.5 Å². The molecule has 3 aliphatic heterocycles. The van der Waals surface area contributed by atoms with Gasteiger partial charge in [0.1, 0.15) is 23.8 Å². The summed E-state index contributed by atoms with van der Waals surface area (Å²) in [7, 11) is 0. The molecule has 5 rings (SSSR count). The number of carbonyl (C=O) groups excluding carboxylic acids is 2.